The molecule has 2 heterocycles. The minimum absolute atomic E-state index is 0.0166. The zero-order chi connectivity index (χ0) is 16.7. The average molecular weight is 323 g/mol. The third kappa shape index (κ3) is 2.23. The minimum atomic E-state index is -1.09. The lowest BCUT2D eigenvalue weighted by Crippen LogP contribution is -2.53. The maximum atomic E-state index is 12.2. The molecule has 124 valence electrons. The van der Waals surface area contributed by atoms with Crippen LogP contribution in [0.25, 0.3) is 5.57 Å². The van der Waals surface area contributed by atoms with E-state index in [-0.39, 0.29) is 30.3 Å². The molecule has 1 aromatic carbocycles. The molecule has 0 bridgehead atoms. The number of nitrogens with one attached hydrogen (secondary N) is 1. The fraction of sp³-hybridized carbons (Fsp3) is 0.400. The number of hydrogen-bond acceptors (Lipinski definition) is 7. The Bertz CT molecular complexity index is 685. The van der Waals surface area contributed by atoms with Crippen molar-refractivity contribution < 1.29 is 34.7 Å². The smallest absolute Gasteiger partial charge is 0.256 e. The Morgan fingerprint density at radius 3 is 2.74 bits per heavy atom. The molecule has 0 saturated heterocycles. The molecule has 3 aliphatic rings. The summed E-state index contributed by atoms with van der Waals surface area (Å²) in [6.07, 6.45) is 0.0114. The van der Waals surface area contributed by atoms with E-state index in [1.807, 2.05) is 0 Å². The second-order valence-electron chi connectivity index (χ2n) is 5.29. The number of phenolic OH excluding ortho intramolecular Hbond substituents is 1. The van der Waals surface area contributed by atoms with Crippen molar-refractivity contribution in [1.29, 1.82) is 0 Å². The number of aliphatic hydroxyl groups excluding tert-OH is 3. The highest BCUT2D eigenvalue weighted by molar-refractivity contribution is 6.07. The van der Waals surface area contributed by atoms with Crippen LogP contribution >= 0.6 is 0 Å². The van der Waals surface area contributed by atoms with Crippen LogP contribution in [-0.2, 0) is 0 Å². The largest absolute Gasteiger partial charge is 0.504 e. The van der Waals surface area contributed by atoms with Gasteiger partial charge < -0.3 is 35.2 Å². The zero-order valence-electron chi connectivity index (χ0n) is 12.3. The first-order valence-corrected chi connectivity index (χ1v) is 7.05. The van der Waals surface area contributed by atoms with Gasteiger partial charge in [-0.2, -0.15) is 0 Å². The third-order valence-corrected chi connectivity index (χ3v) is 4.11. The molecule has 0 fully saturated rings. The van der Waals surface area contributed by atoms with Crippen LogP contribution in [0, 0.1) is 0 Å². The Labute approximate surface area is 131 Å². The first-order valence-electron chi connectivity index (χ1n) is 7.05. The lowest BCUT2D eigenvalue weighted by atomic mass is 9.80. The molecule has 4 rings (SSSR count). The maximum absolute atomic E-state index is 12.2. The van der Waals surface area contributed by atoms with Crippen molar-refractivity contribution in [3.63, 3.8) is 0 Å². The minimum Gasteiger partial charge on any atom is -0.504 e. The van der Waals surface area contributed by atoms with E-state index >= 15 is 0 Å². The van der Waals surface area contributed by atoms with Gasteiger partial charge in [0.05, 0.1) is 17.7 Å². The van der Waals surface area contributed by atoms with Crippen molar-refractivity contribution in [2.45, 2.75) is 24.7 Å². The van der Waals surface area contributed by atoms with E-state index in [0.717, 1.165) is 7.11 Å². The van der Waals surface area contributed by atoms with Crippen LogP contribution in [0.4, 0.5) is 0 Å². The van der Waals surface area contributed by atoms with Crippen LogP contribution in [0.1, 0.15) is 22.3 Å². The number of benzene rings is 1. The quantitative estimate of drug-likeness (QED) is 0.429. The fourth-order valence-electron chi connectivity index (χ4n) is 3.06. The number of amides is 1. The van der Waals surface area contributed by atoms with Gasteiger partial charge in [-0.15, -0.1) is 0 Å². The number of aromatic hydroxyl groups is 1. The summed E-state index contributed by atoms with van der Waals surface area (Å²) in [5, 5.41) is 39.6. The molecule has 1 amide bonds. The molecule has 23 heavy (non-hydrogen) atoms. The Morgan fingerprint density at radius 1 is 1.26 bits per heavy atom. The monoisotopic (exact) mass is 323 g/mol. The maximum Gasteiger partial charge on any atom is 0.256 e. The molecule has 8 heteroatoms. The molecule has 3 atom stereocenters. The molecule has 1 aliphatic carbocycles. The summed E-state index contributed by atoms with van der Waals surface area (Å²) in [6, 6.07) is 0.924. The number of carbonyl (C=O) groups is 1. The Kier molecular flexibility index (Phi) is 3.88. The van der Waals surface area contributed by atoms with Gasteiger partial charge in [-0.05, 0) is 23.6 Å². The predicted octanol–water partition coefficient (Wildman–Crippen LogP) is -0.650. The number of fused-ring (bicyclic) bond motifs is 4. The molecule has 0 aromatic heterocycles. The summed E-state index contributed by atoms with van der Waals surface area (Å²) in [4.78, 5) is 12.2. The second-order valence-corrected chi connectivity index (χ2v) is 5.29. The zero-order valence-corrected chi connectivity index (χ0v) is 12.3. The van der Waals surface area contributed by atoms with Gasteiger partial charge >= 0.3 is 0 Å². The van der Waals surface area contributed by atoms with Crippen molar-refractivity contribution in [3.8, 4) is 17.2 Å². The second kappa shape index (κ2) is 5.73. The van der Waals surface area contributed by atoms with Gasteiger partial charge in [0.25, 0.3) is 5.91 Å². The van der Waals surface area contributed by atoms with E-state index in [4.69, 9.17) is 14.6 Å². The first-order chi connectivity index (χ1) is 11.1. The van der Waals surface area contributed by atoms with Crippen LogP contribution in [0.15, 0.2) is 12.1 Å². The molecule has 1 aromatic rings. The highest BCUT2D eigenvalue weighted by Crippen LogP contribution is 2.48. The van der Waals surface area contributed by atoms with Gasteiger partial charge in [0, 0.05) is 7.11 Å². The fourth-order valence-corrected chi connectivity index (χ4v) is 3.06. The molecular formula is C15H17NO7. The van der Waals surface area contributed by atoms with Crippen molar-refractivity contribution in [2.24, 2.45) is 0 Å². The molecule has 5 N–H and O–H groups in total. The van der Waals surface area contributed by atoms with Gasteiger partial charge in [0.15, 0.2) is 11.5 Å². The van der Waals surface area contributed by atoms with Crippen molar-refractivity contribution in [2.75, 3.05) is 13.9 Å². The number of phenols is 1. The Hall–Kier alpha value is -2.29. The lowest BCUT2D eigenvalue weighted by molar-refractivity contribution is 0.00499. The lowest BCUT2D eigenvalue weighted by Gasteiger charge is -2.37. The summed E-state index contributed by atoms with van der Waals surface area (Å²) in [7, 11) is 1.00. The third-order valence-electron chi connectivity index (χ3n) is 4.11. The highest BCUT2D eigenvalue weighted by atomic mass is 16.7. The Balaban J connectivity index is 0.000000753. The molecule has 2 aliphatic heterocycles. The van der Waals surface area contributed by atoms with Crippen molar-refractivity contribution in [3.05, 3.63) is 23.3 Å². The standard InChI is InChI=1S/C14H13NO6.CH4O/c16-7-2-1-5-6-3-8-13(21-4-20-8)12(18)9(6)14(19)15-10(5)11(7)17;1-2/h1,3,7,10-11,16-18H,2,4H2,(H,15,19);2H,1H3/t7?,10-,11?;/m1./s1. The number of carbonyl (C=O) groups excluding carboxylic acids is 1. The SMILES string of the molecule is CO.O=C1N[C@@H]2C(=CCC(O)C2O)c2cc3c(c(O)c21)OCO3. The van der Waals surface area contributed by atoms with Crippen LogP contribution in [0.2, 0.25) is 0 Å². The van der Waals surface area contributed by atoms with Crippen LogP contribution in [-0.4, -0.2) is 58.5 Å². The van der Waals surface area contributed by atoms with Crippen LogP contribution in [0.5, 0.6) is 17.2 Å². The number of aliphatic hydroxyl groups is 3. The van der Waals surface area contributed by atoms with Gasteiger partial charge in [0.2, 0.25) is 12.5 Å². The normalized spacial score (nSPS) is 27.0. The van der Waals surface area contributed by atoms with E-state index in [9.17, 15) is 20.1 Å². The summed E-state index contributed by atoms with van der Waals surface area (Å²) < 4.78 is 10.4. The van der Waals surface area contributed by atoms with Gasteiger partial charge in [0.1, 0.15) is 6.10 Å². The van der Waals surface area contributed by atoms with E-state index in [2.05, 4.69) is 5.32 Å². The Morgan fingerprint density at radius 2 is 2.00 bits per heavy atom. The average Bonchev–Trinajstić information content (AvgIpc) is 3.02. The van der Waals surface area contributed by atoms with Crippen LogP contribution in [0.3, 0.4) is 0 Å². The summed E-state index contributed by atoms with van der Waals surface area (Å²) in [5.41, 5.74) is 1.26. The van der Waals surface area contributed by atoms with Crippen LogP contribution < -0.4 is 14.8 Å². The van der Waals surface area contributed by atoms with E-state index in [1.165, 1.54) is 0 Å². The van der Waals surface area contributed by atoms with Crippen molar-refractivity contribution >= 4 is 11.5 Å². The molecular weight excluding hydrogens is 306 g/mol. The predicted molar refractivity (Wildman–Crippen MR) is 78.2 cm³/mol. The number of ether oxygens (including phenoxy) is 2. The molecule has 0 spiro atoms. The molecule has 0 saturated carbocycles. The van der Waals surface area contributed by atoms with E-state index in [1.54, 1.807) is 12.1 Å². The highest BCUT2D eigenvalue weighted by Gasteiger charge is 2.41. The van der Waals surface area contributed by atoms with Gasteiger partial charge in [-0.1, -0.05) is 6.08 Å². The summed E-state index contributed by atoms with van der Waals surface area (Å²) >= 11 is 0. The number of rotatable bonds is 0. The molecule has 8 nitrogen and oxygen atoms in total. The molecule has 0 radical (unpaired) electrons. The summed E-state index contributed by atoms with van der Waals surface area (Å²) in [6.45, 7) is -0.0166. The summed E-state index contributed by atoms with van der Waals surface area (Å²) in [5.74, 6) is -0.269. The topological polar surface area (TPSA) is 128 Å². The van der Waals surface area contributed by atoms with E-state index < -0.39 is 24.2 Å². The number of hydrogen-bond donors (Lipinski definition) is 5. The van der Waals surface area contributed by atoms with Gasteiger partial charge in [-0.3, -0.25) is 4.79 Å². The first kappa shape index (κ1) is 15.6. The van der Waals surface area contributed by atoms with Gasteiger partial charge in [-0.25, -0.2) is 0 Å². The van der Waals surface area contributed by atoms with Crippen molar-refractivity contribution in [1.82, 2.24) is 5.32 Å². The van der Waals surface area contributed by atoms with E-state index in [0.29, 0.717) is 16.9 Å². The molecule has 2 unspecified atom stereocenters.